The normalized spacial score (nSPS) is 10.9. The van der Waals surface area contributed by atoms with E-state index in [-0.39, 0.29) is 5.78 Å². The van der Waals surface area contributed by atoms with Gasteiger partial charge in [0.1, 0.15) is 5.75 Å². The first-order valence-corrected chi connectivity index (χ1v) is 7.82. The Morgan fingerprint density at radius 3 is 2.68 bits per heavy atom. The number of methoxy groups -OCH3 is 1. The molecule has 98 valence electrons. The maximum atomic E-state index is 12.1. The zero-order chi connectivity index (χ0) is 13.8. The van der Waals surface area contributed by atoms with Crippen molar-refractivity contribution in [2.45, 2.75) is 0 Å². The molecular weight excluding hydrogens is 392 g/mol. The van der Waals surface area contributed by atoms with Crippen LogP contribution in [0.25, 0.3) is 6.08 Å². The van der Waals surface area contributed by atoms with E-state index in [1.54, 1.807) is 42.7 Å². The van der Waals surface area contributed by atoms with Gasteiger partial charge in [-0.3, -0.25) is 4.79 Å². The summed E-state index contributed by atoms with van der Waals surface area (Å²) in [6, 6.07) is 9.15. The van der Waals surface area contributed by atoms with Crippen LogP contribution in [0.5, 0.6) is 5.75 Å². The van der Waals surface area contributed by atoms with E-state index >= 15 is 0 Å². The number of carbonyl (C=O) groups is 1. The molecule has 1 aromatic heterocycles. The number of carbonyl (C=O) groups excluding carboxylic acids is 1. The molecule has 5 heteroatoms. The van der Waals surface area contributed by atoms with Crippen molar-refractivity contribution in [1.29, 1.82) is 0 Å². The summed E-state index contributed by atoms with van der Waals surface area (Å²) in [7, 11) is 1.56. The average molecular weight is 402 g/mol. The number of hydrogen-bond donors (Lipinski definition) is 0. The highest BCUT2D eigenvalue weighted by atomic mass is 79.9. The molecule has 2 aromatic rings. The molecule has 19 heavy (non-hydrogen) atoms. The molecule has 0 saturated heterocycles. The summed E-state index contributed by atoms with van der Waals surface area (Å²) in [5.41, 5.74) is 0.566. The van der Waals surface area contributed by atoms with Crippen molar-refractivity contribution in [2.75, 3.05) is 7.11 Å². The van der Waals surface area contributed by atoms with E-state index in [0.29, 0.717) is 11.3 Å². The Labute approximate surface area is 132 Å². The number of ether oxygens (including phenoxy) is 1. The molecule has 2 rings (SSSR count). The fraction of sp³-hybridized carbons (Fsp3) is 0.0714. The molecule has 0 bridgehead atoms. The fourth-order valence-electron chi connectivity index (χ4n) is 1.54. The van der Waals surface area contributed by atoms with Gasteiger partial charge in [0.15, 0.2) is 5.78 Å². The molecular formula is C14H10Br2O2S. The predicted molar refractivity (Wildman–Crippen MR) is 86.1 cm³/mol. The highest BCUT2D eigenvalue weighted by Gasteiger charge is 2.08. The van der Waals surface area contributed by atoms with E-state index in [9.17, 15) is 4.79 Å². The van der Waals surface area contributed by atoms with Crippen molar-refractivity contribution in [1.82, 2.24) is 0 Å². The van der Waals surface area contributed by atoms with Crippen LogP contribution in [0.15, 0.2) is 44.7 Å². The van der Waals surface area contributed by atoms with Crippen molar-refractivity contribution in [3.8, 4) is 5.75 Å². The van der Waals surface area contributed by atoms with Gasteiger partial charge in [0.05, 0.1) is 16.5 Å². The maximum absolute atomic E-state index is 12.1. The molecule has 0 amide bonds. The van der Waals surface area contributed by atoms with Crippen LogP contribution >= 0.6 is 43.2 Å². The van der Waals surface area contributed by atoms with Crippen LogP contribution in [0.4, 0.5) is 0 Å². The van der Waals surface area contributed by atoms with Gasteiger partial charge in [0.2, 0.25) is 0 Å². The highest BCUT2D eigenvalue weighted by molar-refractivity contribution is 9.13. The minimum absolute atomic E-state index is 0.0712. The molecule has 0 spiro atoms. The number of para-hydroxylation sites is 1. The summed E-state index contributed by atoms with van der Waals surface area (Å²) in [6.45, 7) is 0. The van der Waals surface area contributed by atoms with Crippen molar-refractivity contribution in [2.24, 2.45) is 0 Å². The Morgan fingerprint density at radius 2 is 2.05 bits per heavy atom. The van der Waals surface area contributed by atoms with Crippen LogP contribution in [0, 0.1) is 0 Å². The number of thiophene rings is 1. The lowest BCUT2D eigenvalue weighted by molar-refractivity contribution is 0.104. The molecule has 0 unspecified atom stereocenters. The minimum Gasteiger partial charge on any atom is -0.496 e. The molecule has 1 heterocycles. The minimum atomic E-state index is -0.0712. The summed E-state index contributed by atoms with van der Waals surface area (Å²) < 4.78 is 7.17. The van der Waals surface area contributed by atoms with Gasteiger partial charge >= 0.3 is 0 Å². The lowest BCUT2D eigenvalue weighted by atomic mass is 10.1. The van der Waals surface area contributed by atoms with Crippen LogP contribution in [-0.2, 0) is 0 Å². The second kappa shape index (κ2) is 6.50. The lowest BCUT2D eigenvalue weighted by Gasteiger charge is -2.03. The monoisotopic (exact) mass is 400 g/mol. The first-order chi connectivity index (χ1) is 9.11. The van der Waals surface area contributed by atoms with Crippen molar-refractivity contribution < 1.29 is 9.53 Å². The number of benzene rings is 1. The number of allylic oxidation sites excluding steroid dienone is 1. The molecule has 0 radical (unpaired) electrons. The largest absolute Gasteiger partial charge is 0.496 e. The molecule has 0 aliphatic heterocycles. The Balaban J connectivity index is 2.21. The molecule has 0 saturated carbocycles. The van der Waals surface area contributed by atoms with Crippen LogP contribution in [0.2, 0.25) is 0 Å². The first-order valence-electron chi connectivity index (χ1n) is 5.42. The Kier molecular flexibility index (Phi) is 4.96. The van der Waals surface area contributed by atoms with E-state index in [1.165, 1.54) is 0 Å². The smallest absolute Gasteiger partial charge is 0.189 e. The molecule has 1 aromatic carbocycles. The van der Waals surface area contributed by atoms with Crippen LogP contribution in [0.3, 0.4) is 0 Å². The Bertz CT molecular complexity index is 613. The third-order valence-corrected chi connectivity index (χ3v) is 5.66. The lowest BCUT2D eigenvalue weighted by Crippen LogP contribution is -1.98. The topological polar surface area (TPSA) is 26.3 Å². The zero-order valence-electron chi connectivity index (χ0n) is 10.0. The quantitative estimate of drug-likeness (QED) is 0.521. The summed E-state index contributed by atoms with van der Waals surface area (Å²) >= 11 is 8.40. The standard InChI is InChI=1S/C14H10Br2O2S/c1-18-13-5-3-2-4-10(13)12(17)7-6-9-8-11(15)14(16)19-9/h2-8H,1H3/b7-6+. The second-order valence-electron chi connectivity index (χ2n) is 3.67. The molecule has 0 aliphatic carbocycles. The third kappa shape index (κ3) is 3.55. The zero-order valence-corrected chi connectivity index (χ0v) is 14.0. The molecule has 0 atom stereocenters. The van der Waals surface area contributed by atoms with E-state index in [1.807, 2.05) is 18.2 Å². The van der Waals surface area contributed by atoms with Gasteiger partial charge < -0.3 is 4.74 Å². The van der Waals surface area contributed by atoms with E-state index < -0.39 is 0 Å². The van der Waals surface area contributed by atoms with Crippen LogP contribution in [-0.4, -0.2) is 12.9 Å². The molecule has 0 fully saturated rings. The Hall–Kier alpha value is -0.910. The van der Waals surface area contributed by atoms with Gasteiger partial charge in [-0.15, -0.1) is 11.3 Å². The van der Waals surface area contributed by atoms with Gasteiger partial charge in [-0.2, -0.15) is 0 Å². The third-order valence-electron chi connectivity index (χ3n) is 2.44. The number of ketones is 1. The van der Waals surface area contributed by atoms with E-state index in [4.69, 9.17) is 4.74 Å². The van der Waals surface area contributed by atoms with Crippen molar-refractivity contribution in [3.63, 3.8) is 0 Å². The average Bonchev–Trinajstić information content (AvgIpc) is 2.75. The molecule has 0 N–H and O–H groups in total. The number of halogens is 2. The van der Waals surface area contributed by atoms with E-state index in [0.717, 1.165) is 13.1 Å². The summed E-state index contributed by atoms with van der Waals surface area (Å²) in [4.78, 5) is 13.1. The van der Waals surface area contributed by atoms with Crippen molar-refractivity contribution in [3.05, 3.63) is 55.1 Å². The first kappa shape index (κ1) is 14.5. The maximum Gasteiger partial charge on any atom is 0.189 e. The fourth-order valence-corrected chi connectivity index (χ4v) is 3.53. The second-order valence-corrected chi connectivity index (χ2v) is 6.92. The van der Waals surface area contributed by atoms with Gasteiger partial charge in [0, 0.05) is 9.35 Å². The van der Waals surface area contributed by atoms with Gasteiger partial charge in [-0.05, 0) is 62.2 Å². The van der Waals surface area contributed by atoms with Crippen LogP contribution in [0.1, 0.15) is 15.2 Å². The van der Waals surface area contributed by atoms with Gasteiger partial charge in [-0.1, -0.05) is 12.1 Å². The summed E-state index contributed by atoms with van der Waals surface area (Å²) in [5.74, 6) is 0.517. The summed E-state index contributed by atoms with van der Waals surface area (Å²) in [5, 5.41) is 0. The SMILES string of the molecule is COc1ccccc1C(=O)/C=C/c1cc(Br)c(Br)s1. The molecule has 2 nitrogen and oxygen atoms in total. The Morgan fingerprint density at radius 1 is 1.32 bits per heavy atom. The van der Waals surface area contributed by atoms with Gasteiger partial charge in [0.25, 0.3) is 0 Å². The van der Waals surface area contributed by atoms with Gasteiger partial charge in [-0.25, -0.2) is 0 Å². The van der Waals surface area contributed by atoms with Crippen LogP contribution < -0.4 is 4.74 Å². The highest BCUT2D eigenvalue weighted by Crippen LogP contribution is 2.33. The summed E-state index contributed by atoms with van der Waals surface area (Å²) in [6.07, 6.45) is 3.36. The predicted octanol–water partition coefficient (Wildman–Crippen LogP) is 5.18. The van der Waals surface area contributed by atoms with Crippen molar-refractivity contribution >= 4 is 55.1 Å². The number of rotatable bonds is 4. The van der Waals surface area contributed by atoms with E-state index in [2.05, 4.69) is 31.9 Å². The number of hydrogen-bond acceptors (Lipinski definition) is 3. The molecule has 0 aliphatic rings.